The van der Waals surface area contributed by atoms with Gasteiger partial charge >= 0.3 is 0 Å². The normalized spacial score (nSPS) is 18.2. The zero-order chi connectivity index (χ0) is 18.7. The highest BCUT2D eigenvalue weighted by molar-refractivity contribution is 7.89. The summed E-state index contributed by atoms with van der Waals surface area (Å²) in [7, 11) is 0.618. The molecule has 0 aromatic heterocycles. The minimum atomic E-state index is -3.42. The molecular formula is C18H28N4O2S2. The van der Waals surface area contributed by atoms with Crippen LogP contribution in [0.25, 0.3) is 0 Å². The third kappa shape index (κ3) is 4.36. The molecule has 8 heteroatoms. The lowest BCUT2D eigenvalue weighted by molar-refractivity contribution is 0.263. The Morgan fingerprint density at radius 2 is 1.85 bits per heavy atom. The number of aryl methyl sites for hydroxylation is 2. The number of benzene rings is 1. The monoisotopic (exact) mass is 396 g/mol. The highest BCUT2D eigenvalue weighted by atomic mass is 32.2. The van der Waals surface area contributed by atoms with Crippen molar-refractivity contribution in [3.63, 3.8) is 0 Å². The van der Waals surface area contributed by atoms with E-state index in [0.29, 0.717) is 36.2 Å². The Morgan fingerprint density at radius 1 is 1.15 bits per heavy atom. The van der Waals surface area contributed by atoms with Crippen LogP contribution in [0.3, 0.4) is 0 Å². The average Bonchev–Trinajstić information content (AvgIpc) is 3.09. The number of nitrogens with zero attached hydrogens (tertiary/aromatic N) is 3. The van der Waals surface area contributed by atoms with Crippen molar-refractivity contribution in [2.24, 2.45) is 0 Å². The number of fused-ring (bicyclic) bond motifs is 1. The SMILES string of the molecule is CN(C)CCNC(=S)N1CCN(S(=O)(=O)c2ccc3c(c2)CCC3)CC1. The number of piperazine rings is 1. The van der Waals surface area contributed by atoms with Crippen molar-refractivity contribution < 1.29 is 8.42 Å². The first-order valence-corrected chi connectivity index (χ1v) is 11.0. The lowest BCUT2D eigenvalue weighted by atomic mass is 10.1. The second-order valence-corrected chi connectivity index (χ2v) is 9.54. The molecule has 1 aliphatic heterocycles. The molecule has 0 bridgehead atoms. The predicted octanol–water partition coefficient (Wildman–Crippen LogP) is 0.918. The van der Waals surface area contributed by atoms with Gasteiger partial charge in [-0.15, -0.1) is 0 Å². The van der Waals surface area contributed by atoms with Gasteiger partial charge in [-0.2, -0.15) is 4.31 Å². The molecule has 0 unspecified atom stereocenters. The van der Waals surface area contributed by atoms with E-state index in [1.807, 2.05) is 26.2 Å². The van der Waals surface area contributed by atoms with E-state index in [1.54, 1.807) is 10.4 Å². The minimum Gasteiger partial charge on any atom is -0.361 e. The molecule has 1 heterocycles. The molecule has 0 spiro atoms. The van der Waals surface area contributed by atoms with Gasteiger partial charge in [-0.05, 0) is 68.8 Å². The number of hydrogen-bond acceptors (Lipinski definition) is 4. The molecule has 1 N–H and O–H groups in total. The lowest BCUT2D eigenvalue weighted by Crippen LogP contribution is -2.53. The Hall–Kier alpha value is -1.22. The molecule has 0 radical (unpaired) electrons. The van der Waals surface area contributed by atoms with Crippen LogP contribution in [0, 0.1) is 0 Å². The van der Waals surface area contributed by atoms with Crippen LogP contribution in [0.15, 0.2) is 23.1 Å². The van der Waals surface area contributed by atoms with Gasteiger partial charge in [-0.3, -0.25) is 0 Å². The van der Waals surface area contributed by atoms with Crippen LogP contribution in [0.2, 0.25) is 0 Å². The van der Waals surface area contributed by atoms with E-state index in [1.165, 1.54) is 11.1 Å². The summed E-state index contributed by atoms with van der Waals surface area (Å²) in [5.41, 5.74) is 2.49. The highest BCUT2D eigenvalue weighted by Crippen LogP contribution is 2.26. The molecular weight excluding hydrogens is 368 g/mol. The number of nitrogens with one attached hydrogen (secondary N) is 1. The maximum atomic E-state index is 13.0. The smallest absolute Gasteiger partial charge is 0.243 e. The van der Waals surface area contributed by atoms with Crippen LogP contribution in [0.1, 0.15) is 17.5 Å². The molecule has 0 amide bonds. The van der Waals surface area contributed by atoms with Crippen LogP contribution in [0.5, 0.6) is 0 Å². The molecule has 6 nitrogen and oxygen atoms in total. The molecule has 3 rings (SSSR count). The maximum Gasteiger partial charge on any atom is 0.243 e. The number of likely N-dealkylation sites (N-methyl/N-ethyl adjacent to an activating group) is 1. The first kappa shape index (κ1) is 19.5. The number of hydrogen-bond donors (Lipinski definition) is 1. The van der Waals surface area contributed by atoms with E-state index in [-0.39, 0.29) is 0 Å². The van der Waals surface area contributed by atoms with E-state index in [4.69, 9.17) is 12.2 Å². The van der Waals surface area contributed by atoms with E-state index in [2.05, 4.69) is 15.1 Å². The minimum absolute atomic E-state index is 0.429. The molecule has 1 aromatic rings. The molecule has 1 fully saturated rings. The summed E-state index contributed by atoms with van der Waals surface area (Å²) in [6.45, 7) is 3.88. The van der Waals surface area contributed by atoms with Gasteiger partial charge in [-0.1, -0.05) is 6.07 Å². The van der Waals surface area contributed by atoms with Crippen LogP contribution < -0.4 is 5.32 Å². The fourth-order valence-electron chi connectivity index (χ4n) is 3.49. The van der Waals surface area contributed by atoms with Crippen molar-refractivity contribution in [1.82, 2.24) is 19.4 Å². The molecule has 1 aliphatic carbocycles. The van der Waals surface area contributed by atoms with Gasteiger partial charge < -0.3 is 15.1 Å². The lowest BCUT2D eigenvalue weighted by Gasteiger charge is -2.35. The molecule has 0 atom stereocenters. The second kappa shape index (κ2) is 8.21. The van der Waals surface area contributed by atoms with Gasteiger partial charge in [0.05, 0.1) is 4.90 Å². The van der Waals surface area contributed by atoms with Gasteiger partial charge in [0.15, 0.2) is 5.11 Å². The van der Waals surface area contributed by atoms with Crippen molar-refractivity contribution in [1.29, 1.82) is 0 Å². The van der Waals surface area contributed by atoms with Gasteiger partial charge in [0.25, 0.3) is 0 Å². The van der Waals surface area contributed by atoms with Gasteiger partial charge in [0.2, 0.25) is 10.0 Å². The zero-order valence-electron chi connectivity index (χ0n) is 15.6. The standard InChI is InChI=1S/C18H28N4O2S2/c1-20(2)9-8-19-18(25)21-10-12-22(13-11-21)26(23,24)17-7-6-15-4-3-5-16(15)14-17/h6-7,14H,3-5,8-13H2,1-2H3,(H,19,25). The van der Waals surface area contributed by atoms with Crippen molar-refractivity contribution in [3.8, 4) is 0 Å². The highest BCUT2D eigenvalue weighted by Gasteiger charge is 2.30. The Morgan fingerprint density at radius 3 is 2.54 bits per heavy atom. The van der Waals surface area contributed by atoms with Crippen molar-refractivity contribution in [3.05, 3.63) is 29.3 Å². The Kier molecular flexibility index (Phi) is 6.17. The second-order valence-electron chi connectivity index (χ2n) is 7.21. The number of rotatable bonds is 5. The summed E-state index contributed by atoms with van der Waals surface area (Å²) < 4.78 is 27.5. The zero-order valence-corrected chi connectivity index (χ0v) is 17.2. The summed E-state index contributed by atoms with van der Waals surface area (Å²) in [4.78, 5) is 4.58. The van der Waals surface area contributed by atoms with E-state index in [0.717, 1.165) is 32.4 Å². The number of thiocarbonyl (C=S) groups is 1. The molecule has 144 valence electrons. The summed E-state index contributed by atoms with van der Waals surface area (Å²) in [5, 5.41) is 3.95. The van der Waals surface area contributed by atoms with E-state index < -0.39 is 10.0 Å². The Labute approximate surface area is 162 Å². The van der Waals surface area contributed by atoms with Crippen LogP contribution in [-0.4, -0.2) is 81.0 Å². The average molecular weight is 397 g/mol. The fraction of sp³-hybridized carbons (Fsp3) is 0.611. The summed E-state index contributed by atoms with van der Waals surface area (Å²) >= 11 is 5.43. The molecule has 1 saturated heterocycles. The fourth-order valence-corrected chi connectivity index (χ4v) is 5.25. The van der Waals surface area contributed by atoms with Crippen LogP contribution in [0.4, 0.5) is 0 Å². The van der Waals surface area contributed by atoms with Gasteiger partial charge in [0, 0.05) is 39.3 Å². The predicted molar refractivity (Wildman–Crippen MR) is 108 cm³/mol. The van der Waals surface area contributed by atoms with Crippen molar-refractivity contribution in [2.75, 3.05) is 53.4 Å². The third-order valence-electron chi connectivity index (χ3n) is 5.07. The molecule has 2 aliphatic rings. The molecule has 1 aromatic carbocycles. The topological polar surface area (TPSA) is 55.9 Å². The van der Waals surface area contributed by atoms with Gasteiger partial charge in [0.1, 0.15) is 0 Å². The first-order valence-electron chi connectivity index (χ1n) is 9.17. The largest absolute Gasteiger partial charge is 0.361 e. The van der Waals surface area contributed by atoms with Gasteiger partial charge in [-0.25, -0.2) is 8.42 Å². The molecule has 26 heavy (non-hydrogen) atoms. The maximum absolute atomic E-state index is 13.0. The van der Waals surface area contributed by atoms with Crippen LogP contribution in [-0.2, 0) is 22.9 Å². The quantitative estimate of drug-likeness (QED) is 0.747. The Balaban J connectivity index is 1.58. The summed E-state index contributed by atoms with van der Waals surface area (Å²) in [6, 6.07) is 5.62. The summed E-state index contributed by atoms with van der Waals surface area (Å²) in [6.07, 6.45) is 3.17. The van der Waals surface area contributed by atoms with Crippen molar-refractivity contribution >= 4 is 27.4 Å². The van der Waals surface area contributed by atoms with Crippen molar-refractivity contribution in [2.45, 2.75) is 24.2 Å². The summed E-state index contributed by atoms with van der Waals surface area (Å²) in [5.74, 6) is 0. The first-order chi connectivity index (χ1) is 12.4. The number of sulfonamides is 1. The molecule has 0 saturated carbocycles. The third-order valence-corrected chi connectivity index (χ3v) is 7.37. The Bertz CT molecular complexity index is 756. The van der Waals surface area contributed by atoms with E-state index in [9.17, 15) is 8.42 Å². The van der Waals surface area contributed by atoms with Crippen LogP contribution >= 0.6 is 12.2 Å². The van der Waals surface area contributed by atoms with E-state index >= 15 is 0 Å².